The van der Waals surface area contributed by atoms with Crippen LogP contribution in [-0.2, 0) is 4.79 Å². The first-order valence-electron chi connectivity index (χ1n) is 7.54. The molecule has 0 aliphatic heterocycles. The molecule has 0 spiro atoms. The molecule has 0 radical (unpaired) electrons. The fourth-order valence-electron chi connectivity index (χ4n) is 2.09. The van der Waals surface area contributed by atoms with E-state index in [1.165, 1.54) is 19.9 Å². The number of carboxylic acids is 1. The molecule has 1 amide bonds. The molecular formula is C18H19NO5. The quantitative estimate of drug-likeness (QED) is 0.794. The van der Waals surface area contributed by atoms with Gasteiger partial charge in [0.15, 0.2) is 11.5 Å². The lowest BCUT2D eigenvalue weighted by atomic mass is 9.99. The Bertz CT molecular complexity index is 775. The second-order valence-electron chi connectivity index (χ2n) is 5.74. The van der Waals surface area contributed by atoms with Crippen LogP contribution in [0.4, 0.5) is 0 Å². The van der Waals surface area contributed by atoms with Crippen LogP contribution in [-0.4, -0.2) is 28.3 Å². The molecule has 1 atom stereocenters. The molecule has 6 nitrogen and oxygen atoms in total. The van der Waals surface area contributed by atoms with Gasteiger partial charge < -0.3 is 14.8 Å². The topological polar surface area (TPSA) is 96.6 Å². The number of aliphatic carboxylic acids is 1. The predicted octanol–water partition coefficient (Wildman–Crippen LogP) is 3.13. The summed E-state index contributed by atoms with van der Waals surface area (Å²) in [5.41, 5.74) is -0.0494. The number of carbonyl (C=O) groups excluding carboxylic acids is 2. The van der Waals surface area contributed by atoms with Crippen molar-refractivity contribution in [1.82, 2.24) is 5.32 Å². The van der Waals surface area contributed by atoms with Gasteiger partial charge in [0.25, 0.3) is 5.91 Å². The number of hydrogen-bond acceptors (Lipinski definition) is 4. The number of ketones is 1. The van der Waals surface area contributed by atoms with Crippen LogP contribution in [0.3, 0.4) is 0 Å². The number of nitrogens with one attached hydrogen (secondary N) is 1. The SMILES string of the molecule is CCC(C)(NC(=O)c1ccc(-c2ccc(C(C)=O)cc2)o1)C(=O)O. The molecule has 126 valence electrons. The fraction of sp³-hybridized carbons (Fsp3) is 0.278. The van der Waals surface area contributed by atoms with Gasteiger partial charge in [-0.3, -0.25) is 9.59 Å². The highest BCUT2D eigenvalue weighted by Gasteiger charge is 2.33. The summed E-state index contributed by atoms with van der Waals surface area (Å²) in [5, 5.41) is 11.7. The van der Waals surface area contributed by atoms with E-state index in [9.17, 15) is 19.5 Å². The van der Waals surface area contributed by atoms with Crippen molar-refractivity contribution >= 4 is 17.7 Å². The summed E-state index contributed by atoms with van der Waals surface area (Å²) in [6, 6.07) is 9.93. The van der Waals surface area contributed by atoms with E-state index >= 15 is 0 Å². The van der Waals surface area contributed by atoms with E-state index in [0.29, 0.717) is 11.3 Å². The van der Waals surface area contributed by atoms with E-state index in [1.54, 1.807) is 37.3 Å². The molecule has 0 bridgehead atoms. The Kier molecular flexibility index (Phi) is 4.87. The van der Waals surface area contributed by atoms with Gasteiger partial charge in [-0.2, -0.15) is 0 Å². The first kappa shape index (κ1) is 17.5. The molecule has 0 saturated heterocycles. The second-order valence-corrected chi connectivity index (χ2v) is 5.74. The van der Waals surface area contributed by atoms with Crippen LogP contribution in [0, 0.1) is 0 Å². The zero-order valence-electron chi connectivity index (χ0n) is 13.8. The molecule has 1 aromatic heterocycles. The summed E-state index contributed by atoms with van der Waals surface area (Å²) in [5.74, 6) is -1.24. The number of furan rings is 1. The van der Waals surface area contributed by atoms with Crippen molar-refractivity contribution in [2.45, 2.75) is 32.7 Å². The van der Waals surface area contributed by atoms with Gasteiger partial charge in [-0.25, -0.2) is 4.79 Å². The third-order valence-electron chi connectivity index (χ3n) is 3.97. The highest BCUT2D eigenvalue weighted by molar-refractivity contribution is 5.96. The number of amides is 1. The zero-order valence-corrected chi connectivity index (χ0v) is 13.8. The molecule has 24 heavy (non-hydrogen) atoms. The Morgan fingerprint density at radius 3 is 2.25 bits per heavy atom. The van der Waals surface area contributed by atoms with Crippen molar-refractivity contribution in [3.8, 4) is 11.3 Å². The Morgan fingerprint density at radius 2 is 1.75 bits per heavy atom. The van der Waals surface area contributed by atoms with Crippen molar-refractivity contribution in [3.63, 3.8) is 0 Å². The number of Topliss-reactive ketones (excluding diaryl/α,β-unsaturated/α-hetero) is 1. The minimum atomic E-state index is -1.35. The molecule has 0 saturated carbocycles. The van der Waals surface area contributed by atoms with E-state index in [1.807, 2.05) is 0 Å². The van der Waals surface area contributed by atoms with Crippen LogP contribution in [0.5, 0.6) is 0 Å². The Balaban J connectivity index is 2.19. The van der Waals surface area contributed by atoms with E-state index in [0.717, 1.165) is 5.56 Å². The van der Waals surface area contributed by atoms with E-state index in [4.69, 9.17) is 4.42 Å². The molecule has 1 aromatic carbocycles. The molecule has 2 N–H and O–H groups in total. The van der Waals surface area contributed by atoms with Gasteiger partial charge in [-0.1, -0.05) is 31.2 Å². The molecular weight excluding hydrogens is 310 g/mol. The summed E-state index contributed by atoms with van der Waals surface area (Å²) in [7, 11) is 0. The van der Waals surface area contributed by atoms with Crippen LogP contribution >= 0.6 is 0 Å². The summed E-state index contributed by atoms with van der Waals surface area (Å²) in [6.45, 7) is 4.60. The van der Waals surface area contributed by atoms with Crippen molar-refractivity contribution in [2.24, 2.45) is 0 Å². The van der Waals surface area contributed by atoms with Gasteiger partial charge in [0.2, 0.25) is 0 Å². The maximum atomic E-state index is 12.2. The minimum Gasteiger partial charge on any atom is -0.480 e. The van der Waals surface area contributed by atoms with Crippen LogP contribution in [0.15, 0.2) is 40.8 Å². The van der Waals surface area contributed by atoms with Crippen LogP contribution in [0.25, 0.3) is 11.3 Å². The largest absolute Gasteiger partial charge is 0.480 e. The van der Waals surface area contributed by atoms with Crippen molar-refractivity contribution in [2.75, 3.05) is 0 Å². The molecule has 0 fully saturated rings. The lowest BCUT2D eigenvalue weighted by Gasteiger charge is -2.23. The number of benzene rings is 1. The standard InChI is InChI=1S/C18H19NO5/c1-4-18(3,17(22)23)19-16(21)15-10-9-14(24-15)13-7-5-12(6-8-13)11(2)20/h5-10H,4H2,1-3H3,(H,19,21)(H,22,23). The van der Waals surface area contributed by atoms with Gasteiger partial charge in [0, 0.05) is 11.1 Å². The van der Waals surface area contributed by atoms with Crippen LogP contribution < -0.4 is 5.32 Å². The Morgan fingerprint density at radius 1 is 1.12 bits per heavy atom. The second kappa shape index (κ2) is 6.70. The molecule has 0 aliphatic carbocycles. The zero-order chi connectivity index (χ0) is 17.9. The minimum absolute atomic E-state index is 0.0292. The van der Waals surface area contributed by atoms with E-state index in [2.05, 4.69) is 5.32 Å². The van der Waals surface area contributed by atoms with Gasteiger partial charge in [0.1, 0.15) is 11.3 Å². The fourth-order valence-corrected chi connectivity index (χ4v) is 2.09. The van der Waals surface area contributed by atoms with Gasteiger partial charge in [-0.15, -0.1) is 0 Å². The van der Waals surface area contributed by atoms with Crippen molar-refractivity contribution < 1.29 is 23.9 Å². The Hall–Kier alpha value is -2.89. The van der Waals surface area contributed by atoms with Gasteiger partial charge >= 0.3 is 5.97 Å². The number of carboxylic acid groups (broad SMARTS) is 1. The highest BCUT2D eigenvalue weighted by Crippen LogP contribution is 2.23. The van der Waals surface area contributed by atoms with Gasteiger partial charge in [0.05, 0.1) is 0 Å². The third-order valence-corrected chi connectivity index (χ3v) is 3.97. The first-order valence-corrected chi connectivity index (χ1v) is 7.54. The molecule has 0 aliphatic rings. The Labute approximate surface area is 139 Å². The number of carbonyl (C=O) groups is 3. The average Bonchev–Trinajstić information content (AvgIpc) is 3.04. The summed E-state index contributed by atoms with van der Waals surface area (Å²) in [4.78, 5) is 34.7. The molecule has 2 aromatic rings. The van der Waals surface area contributed by atoms with Crippen LogP contribution in [0.1, 0.15) is 48.1 Å². The smallest absolute Gasteiger partial charge is 0.329 e. The average molecular weight is 329 g/mol. The first-order chi connectivity index (χ1) is 11.3. The van der Waals surface area contributed by atoms with Crippen LogP contribution in [0.2, 0.25) is 0 Å². The summed E-state index contributed by atoms with van der Waals surface area (Å²) >= 11 is 0. The molecule has 1 heterocycles. The summed E-state index contributed by atoms with van der Waals surface area (Å²) < 4.78 is 5.51. The van der Waals surface area contributed by atoms with Gasteiger partial charge in [-0.05, 0) is 32.4 Å². The number of hydrogen-bond donors (Lipinski definition) is 2. The lowest BCUT2D eigenvalue weighted by molar-refractivity contribution is -0.143. The molecule has 2 rings (SSSR count). The maximum absolute atomic E-state index is 12.2. The van der Waals surface area contributed by atoms with E-state index in [-0.39, 0.29) is 18.0 Å². The van der Waals surface area contributed by atoms with Crippen molar-refractivity contribution in [3.05, 3.63) is 47.7 Å². The lowest BCUT2D eigenvalue weighted by Crippen LogP contribution is -2.51. The highest BCUT2D eigenvalue weighted by atomic mass is 16.4. The van der Waals surface area contributed by atoms with E-state index < -0.39 is 17.4 Å². The monoisotopic (exact) mass is 329 g/mol. The predicted molar refractivity (Wildman–Crippen MR) is 87.9 cm³/mol. The number of rotatable bonds is 6. The van der Waals surface area contributed by atoms with Crippen molar-refractivity contribution in [1.29, 1.82) is 0 Å². The maximum Gasteiger partial charge on any atom is 0.329 e. The molecule has 1 unspecified atom stereocenters. The molecule has 6 heteroatoms. The third kappa shape index (κ3) is 3.53. The normalized spacial score (nSPS) is 13.1. The summed E-state index contributed by atoms with van der Waals surface area (Å²) in [6.07, 6.45) is 0.244.